The van der Waals surface area contributed by atoms with Gasteiger partial charge in [-0.1, -0.05) is 29.3 Å². The van der Waals surface area contributed by atoms with Crippen LogP contribution in [0.2, 0.25) is 10.0 Å². The van der Waals surface area contributed by atoms with Crippen molar-refractivity contribution in [1.29, 1.82) is 0 Å². The number of halogens is 2. The summed E-state index contributed by atoms with van der Waals surface area (Å²) in [5, 5.41) is 9.47. The molecule has 5 heteroatoms. The maximum atomic E-state index is 10.5. The van der Waals surface area contributed by atoms with Crippen molar-refractivity contribution in [1.82, 2.24) is 0 Å². The minimum atomic E-state index is -1.10. The zero-order valence-corrected chi connectivity index (χ0v) is 9.27. The van der Waals surface area contributed by atoms with Gasteiger partial charge in [-0.05, 0) is 23.8 Å². The predicted molar refractivity (Wildman–Crippen MR) is 61.1 cm³/mol. The molecule has 2 nitrogen and oxygen atoms in total. The molecule has 0 radical (unpaired) electrons. The fourth-order valence-electron chi connectivity index (χ4n) is 0.828. The first kappa shape index (κ1) is 11.4. The van der Waals surface area contributed by atoms with Crippen LogP contribution in [0.15, 0.2) is 23.1 Å². The van der Waals surface area contributed by atoms with Crippen molar-refractivity contribution in [2.45, 2.75) is 0 Å². The van der Waals surface area contributed by atoms with Crippen molar-refractivity contribution in [2.24, 2.45) is 0 Å². The van der Waals surface area contributed by atoms with Crippen molar-refractivity contribution in [3.8, 4) is 0 Å². The molecule has 0 amide bonds. The van der Waals surface area contributed by atoms with E-state index in [1.807, 2.05) is 0 Å². The first-order valence-electron chi connectivity index (χ1n) is 3.59. The number of carbonyl (C=O) groups is 1. The van der Waals surface area contributed by atoms with Crippen LogP contribution in [0.1, 0.15) is 5.56 Å². The van der Waals surface area contributed by atoms with E-state index in [0.29, 0.717) is 15.6 Å². The Bertz CT molecular complexity index is 402. The van der Waals surface area contributed by atoms with Crippen LogP contribution >= 0.6 is 35.8 Å². The summed E-state index contributed by atoms with van der Waals surface area (Å²) in [5.74, 6) is -1.10. The summed E-state index contributed by atoms with van der Waals surface area (Å²) in [6, 6.07) is 4.80. The third kappa shape index (κ3) is 2.94. The zero-order chi connectivity index (χ0) is 10.7. The summed E-state index contributed by atoms with van der Waals surface area (Å²) in [6.07, 6.45) is 1.37. The molecule has 74 valence electrons. The SMILES string of the molecule is O=C(O)C(S)=Cc1ccc(Cl)cc1Cl. The fraction of sp³-hybridized carbons (Fsp3) is 0. The normalized spacial score (nSPS) is 11.5. The molecule has 1 N–H and O–H groups in total. The molecule has 0 saturated carbocycles. The first-order valence-corrected chi connectivity index (χ1v) is 4.80. The van der Waals surface area contributed by atoms with Gasteiger partial charge in [0.25, 0.3) is 0 Å². The molecule has 1 aromatic rings. The molecular weight excluding hydrogens is 243 g/mol. The quantitative estimate of drug-likeness (QED) is 0.623. The van der Waals surface area contributed by atoms with Gasteiger partial charge in [-0.25, -0.2) is 4.79 Å². The smallest absolute Gasteiger partial charge is 0.341 e. The second-order valence-electron chi connectivity index (χ2n) is 2.50. The van der Waals surface area contributed by atoms with E-state index in [9.17, 15) is 4.79 Å². The summed E-state index contributed by atoms with van der Waals surface area (Å²) < 4.78 is 0. The Morgan fingerprint density at radius 1 is 1.43 bits per heavy atom. The lowest BCUT2D eigenvalue weighted by Gasteiger charge is -1.99. The molecule has 0 spiro atoms. The number of carboxylic acid groups (broad SMARTS) is 1. The summed E-state index contributed by atoms with van der Waals surface area (Å²) in [6.45, 7) is 0. The number of hydrogen-bond donors (Lipinski definition) is 2. The first-order chi connectivity index (χ1) is 6.50. The van der Waals surface area contributed by atoms with Crippen LogP contribution in [-0.4, -0.2) is 11.1 Å². The number of aliphatic carboxylic acids is 1. The van der Waals surface area contributed by atoms with Crippen LogP contribution in [0, 0.1) is 0 Å². The molecule has 0 atom stereocenters. The Balaban J connectivity index is 3.09. The molecule has 0 aliphatic rings. The molecule has 1 aromatic carbocycles. The van der Waals surface area contributed by atoms with Gasteiger partial charge in [0, 0.05) is 10.0 Å². The number of benzene rings is 1. The van der Waals surface area contributed by atoms with Crippen LogP contribution in [0.5, 0.6) is 0 Å². The summed E-state index contributed by atoms with van der Waals surface area (Å²) >= 11 is 15.3. The Kier molecular flexibility index (Phi) is 3.86. The molecule has 0 aliphatic heterocycles. The molecule has 0 aliphatic carbocycles. The van der Waals surface area contributed by atoms with Crippen LogP contribution in [0.4, 0.5) is 0 Å². The van der Waals surface area contributed by atoms with E-state index in [-0.39, 0.29) is 4.91 Å². The van der Waals surface area contributed by atoms with E-state index in [0.717, 1.165) is 0 Å². The Morgan fingerprint density at radius 2 is 2.07 bits per heavy atom. The Hall–Kier alpha value is -0.640. The molecular formula is C9H6Cl2O2S. The molecule has 0 aromatic heterocycles. The van der Waals surface area contributed by atoms with Crippen molar-refractivity contribution in [3.63, 3.8) is 0 Å². The number of rotatable bonds is 2. The topological polar surface area (TPSA) is 37.3 Å². The highest BCUT2D eigenvalue weighted by molar-refractivity contribution is 7.85. The van der Waals surface area contributed by atoms with E-state index in [1.54, 1.807) is 12.1 Å². The van der Waals surface area contributed by atoms with Gasteiger partial charge in [0.1, 0.15) is 0 Å². The average Bonchev–Trinajstić information content (AvgIpc) is 2.09. The van der Waals surface area contributed by atoms with E-state index in [2.05, 4.69) is 12.6 Å². The molecule has 0 fully saturated rings. The van der Waals surface area contributed by atoms with Gasteiger partial charge in [-0.15, -0.1) is 12.6 Å². The van der Waals surface area contributed by atoms with Gasteiger partial charge in [-0.3, -0.25) is 0 Å². The molecule has 0 saturated heterocycles. The highest BCUT2D eigenvalue weighted by Gasteiger charge is 2.03. The number of thiol groups is 1. The molecule has 0 bridgehead atoms. The average molecular weight is 249 g/mol. The van der Waals surface area contributed by atoms with E-state index < -0.39 is 5.97 Å². The second kappa shape index (κ2) is 4.73. The van der Waals surface area contributed by atoms with E-state index >= 15 is 0 Å². The molecule has 0 heterocycles. The van der Waals surface area contributed by atoms with Crippen LogP contribution < -0.4 is 0 Å². The minimum absolute atomic E-state index is 0.0748. The Labute approximate surface area is 96.6 Å². The molecule has 14 heavy (non-hydrogen) atoms. The van der Waals surface area contributed by atoms with Gasteiger partial charge in [0.2, 0.25) is 0 Å². The van der Waals surface area contributed by atoms with Crippen LogP contribution in [-0.2, 0) is 4.79 Å². The zero-order valence-electron chi connectivity index (χ0n) is 6.87. The fourth-order valence-corrected chi connectivity index (χ4v) is 1.43. The van der Waals surface area contributed by atoms with E-state index in [1.165, 1.54) is 12.1 Å². The van der Waals surface area contributed by atoms with Gasteiger partial charge in [0.05, 0.1) is 4.91 Å². The standard InChI is InChI=1S/C9H6Cl2O2S/c10-6-2-1-5(7(11)4-6)3-8(14)9(12)13/h1-4,14H,(H,12,13). The number of carboxylic acids is 1. The lowest BCUT2D eigenvalue weighted by atomic mass is 10.2. The highest BCUT2D eigenvalue weighted by Crippen LogP contribution is 2.23. The summed E-state index contributed by atoms with van der Waals surface area (Å²) in [4.78, 5) is 10.4. The Morgan fingerprint density at radius 3 is 2.57 bits per heavy atom. The summed E-state index contributed by atoms with van der Waals surface area (Å²) in [5.41, 5.74) is 0.573. The van der Waals surface area contributed by atoms with Gasteiger partial charge in [0.15, 0.2) is 0 Å². The number of hydrogen-bond acceptors (Lipinski definition) is 2. The van der Waals surface area contributed by atoms with E-state index in [4.69, 9.17) is 28.3 Å². The van der Waals surface area contributed by atoms with Crippen LogP contribution in [0.25, 0.3) is 6.08 Å². The van der Waals surface area contributed by atoms with Crippen LogP contribution in [0.3, 0.4) is 0 Å². The largest absolute Gasteiger partial charge is 0.477 e. The van der Waals surface area contributed by atoms with Crippen molar-refractivity contribution < 1.29 is 9.90 Å². The molecule has 1 rings (SSSR count). The lowest BCUT2D eigenvalue weighted by Crippen LogP contribution is -1.93. The van der Waals surface area contributed by atoms with Crippen molar-refractivity contribution >= 4 is 47.9 Å². The monoisotopic (exact) mass is 248 g/mol. The van der Waals surface area contributed by atoms with Gasteiger partial charge >= 0.3 is 5.97 Å². The van der Waals surface area contributed by atoms with Gasteiger partial charge < -0.3 is 5.11 Å². The summed E-state index contributed by atoms with van der Waals surface area (Å²) in [7, 11) is 0. The highest BCUT2D eigenvalue weighted by atomic mass is 35.5. The third-order valence-corrected chi connectivity index (χ3v) is 2.36. The van der Waals surface area contributed by atoms with Crippen molar-refractivity contribution in [3.05, 3.63) is 38.7 Å². The molecule has 0 unspecified atom stereocenters. The second-order valence-corrected chi connectivity index (χ2v) is 3.83. The lowest BCUT2D eigenvalue weighted by molar-refractivity contribution is -0.131. The van der Waals surface area contributed by atoms with Gasteiger partial charge in [-0.2, -0.15) is 0 Å². The predicted octanol–water partition coefficient (Wildman–Crippen LogP) is 3.35. The third-order valence-electron chi connectivity index (χ3n) is 1.47. The minimum Gasteiger partial charge on any atom is -0.477 e. The maximum absolute atomic E-state index is 10.5. The maximum Gasteiger partial charge on any atom is 0.341 e. The van der Waals surface area contributed by atoms with Crippen molar-refractivity contribution in [2.75, 3.05) is 0 Å².